The molecule has 0 N–H and O–H groups in total. The lowest BCUT2D eigenvalue weighted by Gasteiger charge is -2.43. The normalized spacial score (nSPS) is 17.7. The zero-order valence-electron chi connectivity index (χ0n) is 17.8. The number of carbonyl (C=O) groups is 2. The first-order chi connectivity index (χ1) is 13.7. The van der Waals surface area contributed by atoms with E-state index in [0.717, 1.165) is 17.1 Å². The van der Waals surface area contributed by atoms with Gasteiger partial charge in [0.25, 0.3) is 0 Å². The van der Waals surface area contributed by atoms with Gasteiger partial charge < -0.3 is 4.74 Å². The highest BCUT2D eigenvalue weighted by molar-refractivity contribution is 8.00. The Morgan fingerprint density at radius 3 is 2.14 bits per heavy atom. The zero-order chi connectivity index (χ0) is 21.2. The van der Waals surface area contributed by atoms with Crippen molar-refractivity contribution in [3.8, 4) is 11.5 Å². The van der Waals surface area contributed by atoms with Gasteiger partial charge in [-0.15, -0.1) is 0 Å². The van der Waals surface area contributed by atoms with E-state index in [1.54, 1.807) is 11.8 Å². The average molecular weight is 412 g/mol. The van der Waals surface area contributed by atoms with Gasteiger partial charge in [-0.05, 0) is 41.5 Å². The number of carbonyl (C=O) groups excluding carboxylic acids is 2. The van der Waals surface area contributed by atoms with Crippen LogP contribution in [0.5, 0.6) is 11.5 Å². The van der Waals surface area contributed by atoms with E-state index in [1.165, 1.54) is 4.90 Å². The van der Waals surface area contributed by atoms with E-state index in [1.807, 2.05) is 54.6 Å². The van der Waals surface area contributed by atoms with Gasteiger partial charge in [-0.2, -0.15) is 11.8 Å². The first kappa shape index (κ1) is 21.4. The Morgan fingerprint density at radius 1 is 0.966 bits per heavy atom. The fraction of sp³-hybridized carbons (Fsp3) is 0.417. The first-order valence-corrected chi connectivity index (χ1v) is 11.1. The number of hydrogen-bond acceptors (Lipinski definition) is 4. The molecule has 1 aliphatic heterocycles. The maximum Gasteiger partial charge on any atom is 0.233 e. The molecule has 0 bridgehead atoms. The molecule has 1 saturated heterocycles. The molecule has 0 radical (unpaired) electrons. The van der Waals surface area contributed by atoms with Gasteiger partial charge in [0.2, 0.25) is 11.8 Å². The Morgan fingerprint density at radius 2 is 1.55 bits per heavy atom. The molecule has 0 aromatic heterocycles. The lowest BCUT2D eigenvalue weighted by atomic mass is 9.69. The highest BCUT2D eigenvalue weighted by atomic mass is 32.2. The first-order valence-electron chi connectivity index (χ1n) is 9.87. The molecule has 0 aliphatic carbocycles. The number of amides is 2. The molecule has 1 heterocycles. The van der Waals surface area contributed by atoms with Gasteiger partial charge in [0, 0.05) is 11.2 Å². The predicted molar refractivity (Wildman–Crippen MR) is 118 cm³/mol. The SMILES string of the molecule is CSC(C)(C)C(C)(C)C1CC(=O)N(Cc2ccc(Oc3ccccc3)cc2)C1=O. The zero-order valence-corrected chi connectivity index (χ0v) is 18.6. The van der Waals surface area contributed by atoms with Crippen LogP contribution in [0.4, 0.5) is 0 Å². The van der Waals surface area contributed by atoms with E-state index < -0.39 is 0 Å². The van der Waals surface area contributed by atoms with Crippen LogP contribution in [0.25, 0.3) is 0 Å². The molecule has 0 spiro atoms. The van der Waals surface area contributed by atoms with Crippen molar-refractivity contribution in [2.45, 2.75) is 45.4 Å². The van der Waals surface area contributed by atoms with Crippen LogP contribution in [0.3, 0.4) is 0 Å². The minimum absolute atomic E-state index is 0.0632. The number of thioether (sulfide) groups is 1. The summed E-state index contributed by atoms with van der Waals surface area (Å²) in [4.78, 5) is 27.2. The molecule has 1 fully saturated rings. The molecular formula is C24H29NO3S. The molecule has 2 aromatic rings. The van der Waals surface area contributed by atoms with Crippen molar-refractivity contribution in [3.63, 3.8) is 0 Å². The summed E-state index contributed by atoms with van der Waals surface area (Å²) in [7, 11) is 0. The van der Waals surface area contributed by atoms with E-state index >= 15 is 0 Å². The van der Waals surface area contributed by atoms with Gasteiger partial charge >= 0.3 is 0 Å². The molecule has 1 unspecified atom stereocenters. The molecule has 3 rings (SSSR count). The minimum atomic E-state index is -0.293. The van der Waals surface area contributed by atoms with Crippen LogP contribution in [0, 0.1) is 11.3 Å². The number of hydrogen-bond donors (Lipinski definition) is 0. The number of ether oxygens (including phenoxy) is 1. The van der Waals surface area contributed by atoms with E-state index in [0.29, 0.717) is 6.54 Å². The number of rotatable bonds is 7. The minimum Gasteiger partial charge on any atom is -0.457 e. The fourth-order valence-corrected chi connectivity index (χ4v) is 4.23. The lowest BCUT2D eigenvalue weighted by molar-refractivity contribution is -0.141. The molecule has 5 heteroatoms. The van der Waals surface area contributed by atoms with Gasteiger partial charge in [-0.25, -0.2) is 0 Å². The van der Waals surface area contributed by atoms with Crippen LogP contribution in [-0.4, -0.2) is 27.7 Å². The third kappa shape index (κ3) is 4.35. The van der Waals surface area contributed by atoms with Gasteiger partial charge in [0.05, 0.1) is 12.5 Å². The number of imide groups is 1. The number of nitrogens with zero attached hydrogens (tertiary/aromatic N) is 1. The third-order valence-corrected chi connectivity index (χ3v) is 7.97. The molecule has 4 nitrogen and oxygen atoms in total. The summed E-state index contributed by atoms with van der Waals surface area (Å²) in [5, 5.41) is 0. The summed E-state index contributed by atoms with van der Waals surface area (Å²) in [6, 6.07) is 17.1. The summed E-state index contributed by atoms with van der Waals surface area (Å²) >= 11 is 1.74. The van der Waals surface area contributed by atoms with Gasteiger partial charge in [0.1, 0.15) is 11.5 Å². The summed E-state index contributed by atoms with van der Waals surface area (Å²) in [6.07, 6.45) is 2.34. The quantitative estimate of drug-likeness (QED) is 0.563. The van der Waals surface area contributed by atoms with Crippen molar-refractivity contribution in [2.75, 3.05) is 6.26 Å². The van der Waals surface area contributed by atoms with Crippen molar-refractivity contribution in [1.29, 1.82) is 0 Å². The second-order valence-corrected chi connectivity index (χ2v) is 10.00. The summed E-state index contributed by atoms with van der Waals surface area (Å²) in [5.74, 6) is 1.05. The summed E-state index contributed by atoms with van der Waals surface area (Å²) < 4.78 is 5.70. The van der Waals surface area contributed by atoms with Gasteiger partial charge in [-0.3, -0.25) is 14.5 Å². The Balaban J connectivity index is 1.70. The molecule has 2 amide bonds. The molecule has 1 atom stereocenters. The Hall–Kier alpha value is -2.27. The summed E-state index contributed by atoms with van der Waals surface area (Å²) in [6.45, 7) is 8.78. The monoisotopic (exact) mass is 411 g/mol. The van der Waals surface area contributed by atoms with Crippen molar-refractivity contribution in [3.05, 3.63) is 60.2 Å². The van der Waals surface area contributed by atoms with Gasteiger partial charge in [-0.1, -0.05) is 58.0 Å². The van der Waals surface area contributed by atoms with E-state index in [4.69, 9.17) is 4.74 Å². The largest absolute Gasteiger partial charge is 0.457 e. The number of para-hydroxylation sites is 1. The second-order valence-electron chi connectivity index (χ2n) is 8.57. The van der Waals surface area contributed by atoms with E-state index in [-0.39, 0.29) is 34.3 Å². The lowest BCUT2D eigenvalue weighted by Crippen LogP contribution is -2.45. The Labute approximate surface area is 177 Å². The topological polar surface area (TPSA) is 46.6 Å². The smallest absolute Gasteiger partial charge is 0.233 e. The maximum absolute atomic E-state index is 13.1. The maximum atomic E-state index is 13.1. The third-order valence-electron chi connectivity index (χ3n) is 6.42. The molecule has 1 aliphatic rings. The molecule has 29 heavy (non-hydrogen) atoms. The average Bonchev–Trinajstić information content (AvgIpc) is 2.99. The fourth-order valence-electron chi connectivity index (χ4n) is 3.57. The van der Waals surface area contributed by atoms with Crippen molar-refractivity contribution < 1.29 is 14.3 Å². The van der Waals surface area contributed by atoms with Crippen LogP contribution in [0.2, 0.25) is 0 Å². The highest BCUT2D eigenvalue weighted by Crippen LogP contribution is 2.49. The van der Waals surface area contributed by atoms with Crippen molar-refractivity contribution in [2.24, 2.45) is 11.3 Å². The highest BCUT2D eigenvalue weighted by Gasteiger charge is 2.52. The number of likely N-dealkylation sites (tertiary alicyclic amines) is 1. The standard InChI is InChI=1S/C24H29NO3S/c1-23(2,24(3,4)29-5)20-15-21(26)25(22(20)27)16-17-11-13-19(14-12-17)28-18-9-7-6-8-10-18/h6-14,20H,15-16H2,1-5H3. The number of benzene rings is 2. The van der Waals surface area contributed by atoms with Crippen molar-refractivity contribution >= 4 is 23.6 Å². The second kappa shape index (κ2) is 8.23. The van der Waals surface area contributed by atoms with E-state index in [9.17, 15) is 9.59 Å². The summed E-state index contributed by atoms with van der Waals surface area (Å²) in [5.41, 5.74) is 0.621. The van der Waals surface area contributed by atoms with Gasteiger partial charge in [0.15, 0.2) is 0 Å². The van der Waals surface area contributed by atoms with E-state index in [2.05, 4.69) is 34.0 Å². The van der Waals surface area contributed by atoms with Crippen LogP contribution >= 0.6 is 11.8 Å². The molecule has 2 aromatic carbocycles. The van der Waals surface area contributed by atoms with Crippen LogP contribution in [0.1, 0.15) is 39.7 Å². The predicted octanol–water partition coefficient (Wildman–Crippen LogP) is 5.52. The molecule has 154 valence electrons. The Bertz CT molecular complexity index is 875. The van der Waals surface area contributed by atoms with Crippen LogP contribution < -0.4 is 4.74 Å². The molecular weight excluding hydrogens is 382 g/mol. The van der Waals surface area contributed by atoms with Crippen molar-refractivity contribution in [1.82, 2.24) is 4.90 Å². The Kier molecular flexibility index (Phi) is 6.08. The van der Waals surface area contributed by atoms with Crippen LogP contribution in [0.15, 0.2) is 54.6 Å². The molecule has 0 saturated carbocycles. The van der Waals surface area contributed by atoms with Crippen LogP contribution in [-0.2, 0) is 16.1 Å².